The van der Waals surface area contributed by atoms with Gasteiger partial charge in [-0.05, 0) is 32.4 Å². The molecule has 0 aliphatic carbocycles. The zero-order valence-corrected chi connectivity index (χ0v) is 14.9. The van der Waals surface area contributed by atoms with Crippen LogP contribution in [-0.2, 0) is 37.0 Å². The van der Waals surface area contributed by atoms with Crippen LogP contribution in [0.1, 0.15) is 18.5 Å². The summed E-state index contributed by atoms with van der Waals surface area (Å²) in [6.07, 6.45) is 2.06. The maximum absolute atomic E-state index is 12.1. The van der Waals surface area contributed by atoms with Crippen molar-refractivity contribution in [1.29, 1.82) is 0 Å². The number of nitrogens with one attached hydrogen (secondary N) is 2. The van der Waals surface area contributed by atoms with Gasteiger partial charge in [0.1, 0.15) is 0 Å². The van der Waals surface area contributed by atoms with E-state index in [0.29, 0.717) is 6.42 Å². The summed E-state index contributed by atoms with van der Waals surface area (Å²) in [7, 11) is 1.43. The summed E-state index contributed by atoms with van der Waals surface area (Å²) in [5, 5.41) is 3.25. The molecule has 0 unspecified atom stereocenters. The van der Waals surface area contributed by atoms with Crippen LogP contribution in [0, 0.1) is 12.8 Å². The standard InChI is InChI=1S/C13H18N3O2.CH3.W/c1-18-12(17)13(5-7-15-8-6-13)9-10-3-2-4-11(14)16-10;;/h2-4,15H,5-9H2,1H3,(H-,14,16);1H3;/q2*-1;+2. The molecule has 1 aliphatic rings. The first-order chi connectivity index (χ1) is 8.66. The van der Waals surface area contributed by atoms with Crippen molar-refractivity contribution < 1.29 is 30.6 Å². The molecule has 1 saturated heterocycles. The van der Waals surface area contributed by atoms with Crippen LogP contribution in [0.5, 0.6) is 0 Å². The molecule has 0 amide bonds. The average Bonchev–Trinajstić information content (AvgIpc) is 2.39. The molecule has 0 radical (unpaired) electrons. The third-order valence-corrected chi connectivity index (χ3v) is 3.51. The number of esters is 1. The Balaban J connectivity index is 0.00000180. The summed E-state index contributed by atoms with van der Waals surface area (Å²) in [5.41, 5.74) is 7.83. The number of carbonyl (C=O) groups is 1. The van der Waals surface area contributed by atoms with Crippen molar-refractivity contribution in [2.45, 2.75) is 19.3 Å². The maximum atomic E-state index is 12.1. The predicted octanol–water partition coefficient (Wildman–Crippen LogP) is 2.30. The van der Waals surface area contributed by atoms with E-state index in [-0.39, 0.29) is 40.3 Å². The number of rotatable bonds is 3. The molecule has 5 nitrogen and oxygen atoms in total. The molecule has 1 aromatic heterocycles. The number of aromatic nitrogens is 1. The van der Waals surface area contributed by atoms with E-state index < -0.39 is 5.41 Å². The number of hydrogen-bond acceptors (Lipinski definition) is 4. The Morgan fingerprint density at radius 2 is 2.10 bits per heavy atom. The van der Waals surface area contributed by atoms with Gasteiger partial charge in [0.05, 0.1) is 12.5 Å². The zero-order chi connectivity index (χ0) is 13.0. The van der Waals surface area contributed by atoms with Crippen molar-refractivity contribution in [3.8, 4) is 0 Å². The van der Waals surface area contributed by atoms with Crippen molar-refractivity contribution >= 4 is 11.8 Å². The van der Waals surface area contributed by atoms with Crippen molar-refractivity contribution in [1.82, 2.24) is 10.3 Å². The summed E-state index contributed by atoms with van der Waals surface area (Å²) < 4.78 is 4.95. The molecule has 2 heterocycles. The first-order valence-electron chi connectivity index (χ1n) is 6.13. The average molecular weight is 447 g/mol. The van der Waals surface area contributed by atoms with Crippen LogP contribution >= 0.6 is 0 Å². The van der Waals surface area contributed by atoms with E-state index in [1.54, 1.807) is 12.1 Å². The quantitative estimate of drug-likeness (QED) is 0.570. The molecule has 0 bridgehead atoms. The van der Waals surface area contributed by atoms with Crippen molar-refractivity contribution in [2.75, 3.05) is 20.2 Å². The van der Waals surface area contributed by atoms with Gasteiger partial charge in [-0.1, -0.05) is 29.7 Å². The predicted molar refractivity (Wildman–Crippen MR) is 74.9 cm³/mol. The Hall–Kier alpha value is -0.932. The van der Waals surface area contributed by atoms with Crippen LogP contribution in [-0.4, -0.2) is 31.2 Å². The molecule has 6 heteroatoms. The topological polar surface area (TPSA) is 75.0 Å². The van der Waals surface area contributed by atoms with Crippen LogP contribution in [0.25, 0.3) is 5.73 Å². The Morgan fingerprint density at radius 1 is 1.45 bits per heavy atom. The molecule has 1 aromatic rings. The molecular formula is C14H21N3O2W. The number of nitrogens with zero attached hydrogens (tertiary/aromatic N) is 1. The normalized spacial score (nSPS) is 16.4. The maximum Gasteiger partial charge on any atom is 2.00 e. The van der Waals surface area contributed by atoms with E-state index in [2.05, 4.69) is 10.3 Å². The largest absolute Gasteiger partial charge is 2.00 e. The van der Waals surface area contributed by atoms with Crippen LogP contribution in [0.3, 0.4) is 0 Å². The Kier molecular flexibility index (Phi) is 7.99. The number of piperidine rings is 1. The van der Waals surface area contributed by atoms with Gasteiger partial charge in [0.15, 0.2) is 0 Å². The molecule has 20 heavy (non-hydrogen) atoms. The van der Waals surface area contributed by atoms with E-state index in [1.165, 1.54) is 7.11 Å². The van der Waals surface area contributed by atoms with E-state index in [4.69, 9.17) is 10.5 Å². The molecule has 2 rings (SSSR count). The summed E-state index contributed by atoms with van der Waals surface area (Å²) in [5.74, 6) is 0.0719. The van der Waals surface area contributed by atoms with Crippen LogP contribution in [0.15, 0.2) is 18.2 Å². The van der Waals surface area contributed by atoms with E-state index in [1.807, 2.05) is 6.07 Å². The van der Waals surface area contributed by atoms with Crippen molar-refractivity contribution in [3.05, 3.63) is 37.1 Å². The van der Waals surface area contributed by atoms with Crippen LogP contribution < -0.4 is 5.32 Å². The van der Waals surface area contributed by atoms with Gasteiger partial charge in [-0.25, -0.2) is 0 Å². The number of carbonyl (C=O) groups excluding carboxylic acids is 1. The number of hydrogen-bond donors (Lipinski definition) is 1. The number of ether oxygens (including phenoxy) is 1. The second kappa shape index (κ2) is 8.38. The van der Waals surface area contributed by atoms with Gasteiger partial charge >= 0.3 is 27.0 Å². The smallest absolute Gasteiger partial charge is 0.482 e. The molecule has 0 saturated carbocycles. The SMILES string of the molecule is COC(=O)C1(Cc2cccc([NH-])n2)CCNCC1.[CH3-].[W+2]. The van der Waals surface area contributed by atoms with Gasteiger partial charge in [0.2, 0.25) is 0 Å². The van der Waals surface area contributed by atoms with Gasteiger partial charge in [-0.15, -0.1) is 0 Å². The second-order valence-electron chi connectivity index (χ2n) is 4.71. The minimum absolute atomic E-state index is 0. The van der Waals surface area contributed by atoms with Gasteiger partial charge in [0.25, 0.3) is 0 Å². The molecule has 0 atom stereocenters. The van der Waals surface area contributed by atoms with Gasteiger partial charge < -0.3 is 28.2 Å². The first kappa shape index (κ1) is 19.1. The Bertz CT molecular complexity index is 434. The van der Waals surface area contributed by atoms with Gasteiger partial charge in [-0.2, -0.15) is 0 Å². The number of pyridine rings is 1. The third kappa shape index (κ3) is 4.29. The van der Waals surface area contributed by atoms with Gasteiger partial charge in [-0.3, -0.25) is 4.79 Å². The Morgan fingerprint density at radius 3 is 2.65 bits per heavy atom. The summed E-state index contributed by atoms with van der Waals surface area (Å²) in [4.78, 5) is 16.2. The molecule has 1 aliphatic heterocycles. The van der Waals surface area contributed by atoms with E-state index in [0.717, 1.165) is 31.6 Å². The van der Waals surface area contributed by atoms with Crippen LogP contribution in [0.2, 0.25) is 0 Å². The van der Waals surface area contributed by atoms with Gasteiger partial charge in [0, 0.05) is 0 Å². The molecule has 2 N–H and O–H groups in total. The minimum atomic E-state index is -0.485. The van der Waals surface area contributed by atoms with Crippen molar-refractivity contribution in [2.24, 2.45) is 5.41 Å². The van der Waals surface area contributed by atoms with Crippen molar-refractivity contribution in [3.63, 3.8) is 0 Å². The fourth-order valence-corrected chi connectivity index (χ4v) is 2.50. The summed E-state index contributed by atoms with van der Waals surface area (Å²) in [6.45, 7) is 1.63. The molecule has 0 spiro atoms. The molecule has 0 aromatic carbocycles. The minimum Gasteiger partial charge on any atom is -0.482 e. The van der Waals surface area contributed by atoms with E-state index in [9.17, 15) is 4.79 Å². The van der Waals surface area contributed by atoms with E-state index >= 15 is 0 Å². The Labute approximate surface area is 134 Å². The molecular weight excluding hydrogens is 426 g/mol. The summed E-state index contributed by atoms with van der Waals surface area (Å²) >= 11 is 0. The molecule has 110 valence electrons. The summed E-state index contributed by atoms with van der Waals surface area (Å²) in [6, 6.07) is 5.30. The fraction of sp³-hybridized carbons (Fsp3) is 0.500. The third-order valence-electron chi connectivity index (χ3n) is 3.51. The zero-order valence-electron chi connectivity index (χ0n) is 11.9. The monoisotopic (exact) mass is 447 g/mol. The fourth-order valence-electron chi connectivity index (χ4n) is 2.50. The van der Waals surface area contributed by atoms with Crippen LogP contribution in [0.4, 0.5) is 5.82 Å². The number of methoxy groups -OCH3 is 1. The second-order valence-corrected chi connectivity index (χ2v) is 4.71. The molecule has 1 fully saturated rings. The first-order valence-corrected chi connectivity index (χ1v) is 6.13.